The van der Waals surface area contributed by atoms with E-state index in [1.54, 1.807) is 12.1 Å². The molecule has 0 saturated carbocycles. The summed E-state index contributed by atoms with van der Waals surface area (Å²) in [6, 6.07) is 9.40. The zero-order chi connectivity index (χ0) is 12.7. The molecule has 0 saturated heterocycles. The summed E-state index contributed by atoms with van der Waals surface area (Å²) in [5.74, 6) is 0.335. The van der Waals surface area contributed by atoms with Crippen LogP contribution in [0.25, 0.3) is 0 Å². The largest absolute Gasteiger partial charge is 0.391 e. The Hall–Kier alpha value is -1.53. The minimum absolute atomic E-state index is 0.335. The smallest absolute Gasteiger partial charge is 0.0992 e. The molecule has 17 heavy (non-hydrogen) atoms. The first-order valence-electron chi connectivity index (χ1n) is 6.13. The van der Waals surface area contributed by atoms with Gasteiger partial charge in [-0.2, -0.15) is 5.26 Å². The van der Waals surface area contributed by atoms with Crippen LogP contribution in [0.1, 0.15) is 32.3 Å². The molecule has 2 N–H and O–H groups in total. The lowest BCUT2D eigenvalue weighted by Crippen LogP contribution is -2.27. The third-order valence-electron chi connectivity index (χ3n) is 3.10. The maximum atomic E-state index is 9.97. The van der Waals surface area contributed by atoms with Gasteiger partial charge in [0, 0.05) is 12.2 Å². The second-order valence-corrected chi connectivity index (χ2v) is 4.22. The molecule has 1 aromatic carbocycles. The van der Waals surface area contributed by atoms with E-state index >= 15 is 0 Å². The Morgan fingerprint density at radius 3 is 2.65 bits per heavy atom. The van der Waals surface area contributed by atoms with Crippen molar-refractivity contribution in [2.45, 2.75) is 32.8 Å². The number of nitrogens with one attached hydrogen (secondary N) is 1. The molecule has 1 aromatic rings. The van der Waals surface area contributed by atoms with Crippen molar-refractivity contribution in [2.24, 2.45) is 5.92 Å². The Balaban J connectivity index is 2.52. The van der Waals surface area contributed by atoms with Crippen molar-refractivity contribution in [3.63, 3.8) is 0 Å². The molecule has 0 heterocycles. The minimum Gasteiger partial charge on any atom is -0.391 e. The van der Waals surface area contributed by atoms with E-state index in [0.29, 0.717) is 18.0 Å². The van der Waals surface area contributed by atoms with E-state index in [1.807, 2.05) is 12.1 Å². The van der Waals surface area contributed by atoms with E-state index in [-0.39, 0.29) is 6.10 Å². The van der Waals surface area contributed by atoms with Crippen molar-refractivity contribution in [1.82, 2.24) is 0 Å². The Labute approximate surface area is 103 Å². The van der Waals surface area contributed by atoms with E-state index in [9.17, 15) is 5.11 Å². The van der Waals surface area contributed by atoms with Crippen molar-refractivity contribution in [2.75, 3.05) is 11.9 Å². The van der Waals surface area contributed by atoms with Gasteiger partial charge >= 0.3 is 0 Å². The van der Waals surface area contributed by atoms with Gasteiger partial charge in [-0.25, -0.2) is 0 Å². The Morgan fingerprint density at radius 1 is 1.35 bits per heavy atom. The molecule has 0 aromatic heterocycles. The fourth-order valence-electron chi connectivity index (χ4n) is 1.92. The number of hydrogen-bond donors (Lipinski definition) is 2. The predicted octanol–water partition coefficient (Wildman–Crippen LogP) is 2.77. The van der Waals surface area contributed by atoms with Crippen LogP contribution in [0, 0.1) is 17.2 Å². The molecule has 92 valence electrons. The van der Waals surface area contributed by atoms with E-state index in [4.69, 9.17) is 5.26 Å². The molecular weight excluding hydrogens is 212 g/mol. The Kier molecular flexibility index (Phi) is 5.51. The van der Waals surface area contributed by atoms with E-state index in [2.05, 4.69) is 25.2 Å². The van der Waals surface area contributed by atoms with Crippen LogP contribution in [0.15, 0.2) is 24.3 Å². The summed E-state index contributed by atoms with van der Waals surface area (Å²) in [6.07, 6.45) is 1.63. The highest BCUT2D eigenvalue weighted by Gasteiger charge is 2.14. The second kappa shape index (κ2) is 6.93. The number of rotatable bonds is 6. The monoisotopic (exact) mass is 232 g/mol. The van der Waals surface area contributed by atoms with Crippen LogP contribution < -0.4 is 5.32 Å². The zero-order valence-electron chi connectivity index (χ0n) is 10.5. The molecule has 1 unspecified atom stereocenters. The third kappa shape index (κ3) is 4.08. The molecule has 0 aliphatic heterocycles. The molecule has 0 spiro atoms. The van der Waals surface area contributed by atoms with Crippen LogP contribution in [0.4, 0.5) is 5.69 Å². The molecule has 3 heteroatoms. The van der Waals surface area contributed by atoms with Gasteiger partial charge in [-0.15, -0.1) is 0 Å². The summed E-state index contributed by atoms with van der Waals surface area (Å²) in [6.45, 7) is 4.71. The summed E-state index contributed by atoms with van der Waals surface area (Å²) >= 11 is 0. The maximum absolute atomic E-state index is 9.97. The number of nitrogens with zero attached hydrogens (tertiary/aromatic N) is 1. The lowest BCUT2D eigenvalue weighted by Gasteiger charge is -2.20. The van der Waals surface area contributed by atoms with Crippen molar-refractivity contribution >= 4 is 5.69 Å². The van der Waals surface area contributed by atoms with Crippen molar-refractivity contribution in [1.29, 1.82) is 5.26 Å². The molecule has 0 aliphatic rings. The molecule has 1 atom stereocenters. The molecule has 0 aliphatic carbocycles. The molecular formula is C14H20N2O. The average Bonchev–Trinajstić information content (AvgIpc) is 2.38. The van der Waals surface area contributed by atoms with Gasteiger partial charge in [-0.05, 0) is 24.1 Å². The number of benzene rings is 1. The van der Waals surface area contributed by atoms with Gasteiger partial charge in [0.05, 0.1) is 17.7 Å². The maximum Gasteiger partial charge on any atom is 0.0992 e. The fourth-order valence-corrected chi connectivity index (χ4v) is 1.92. The lowest BCUT2D eigenvalue weighted by atomic mass is 9.96. The normalized spacial score (nSPS) is 12.2. The Morgan fingerprint density at radius 2 is 2.06 bits per heavy atom. The lowest BCUT2D eigenvalue weighted by molar-refractivity contribution is 0.114. The summed E-state index contributed by atoms with van der Waals surface area (Å²) in [5, 5.41) is 21.9. The third-order valence-corrected chi connectivity index (χ3v) is 3.10. The first-order valence-corrected chi connectivity index (χ1v) is 6.13. The Bertz CT molecular complexity index is 380. The van der Waals surface area contributed by atoms with Crippen LogP contribution in [-0.4, -0.2) is 17.8 Å². The van der Waals surface area contributed by atoms with Crippen LogP contribution in [0.2, 0.25) is 0 Å². The van der Waals surface area contributed by atoms with Crippen molar-refractivity contribution in [3.05, 3.63) is 29.8 Å². The fraction of sp³-hybridized carbons (Fsp3) is 0.500. The van der Waals surface area contributed by atoms with Crippen molar-refractivity contribution < 1.29 is 5.11 Å². The molecule has 0 bridgehead atoms. The number of anilines is 1. The highest BCUT2D eigenvalue weighted by atomic mass is 16.3. The standard InChI is InChI=1S/C14H20N2O/c1-3-12(4-2)14(17)10-16-13-7-5-6-11(8-13)9-15/h5-8,12,14,16-17H,3-4,10H2,1-2H3. The zero-order valence-corrected chi connectivity index (χ0v) is 10.5. The average molecular weight is 232 g/mol. The number of aliphatic hydroxyl groups excluding tert-OH is 1. The van der Waals surface area contributed by atoms with E-state index in [1.165, 1.54) is 0 Å². The highest BCUT2D eigenvalue weighted by molar-refractivity contribution is 5.49. The molecule has 1 rings (SSSR count). The van der Waals surface area contributed by atoms with Crippen LogP contribution >= 0.6 is 0 Å². The van der Waals surface area contributed by atoms with Gasteiger partial charge in [-0.1, -0.05) is 32.8 Å². The molecule has 0 amide bonds. The van der Waals surface area contributed by atoms with Crippen LogP contribution in [-0.2, 0) is 0 Å². The van der Waals surface area contributed by atoms with E-state index in [0.717, 1.165) is 18.5 Å². The quantitative estimate of drug-likeness (QED) is 0.793. The first-order chi connectivity index (χ1) is 8.21. The SMILES string of the molecule is CCC(CC)C(O)CNc1cccc(C#N)c1. The topological polar surface area (TPSA) is 56.0 Å². The van der Waals surface area contributed by atoms with Crippen molar-refractivity contribution in [3.8, 4) is 6.07 Å². The summed E-state index contributed by atoms with van der Waals surface area (Å²) in [5.41, 5.74) is 1.51. The van der Waals surface area contributed by atoms with Gasteiger partial charge in [0.25, 0.3) is 0 Å². The first kappa shape index (κ1) is 13.5. The highest BCUT2D eigenvalue weighted by Crippen LogP contribution is 2.15. The predicted molar refractivity (Wildman–Crippen MR) is 69.7 cm³/mol. The van der Waals surface area contributed by atoms with Gasteiger partial charge in [0.15, 0.2) is 0 Å². The molecule has 0 radical (unpaired) electrons. The van der Waals surface area contributed by atoms with Gasteiger partial charge in [-0.3, -0.25) is 0 Å². The van der Waals surface area contributed by atoms with Gasteiger partial charge < -0.3 is 10.4 Å². The summed E-state index contributed by atoms with van der Waals surface area (Å²) in [7, 11) is 0. The summed E-state index contributed by atoms with van der Waals surface area (Å²) < 4.78 is 0. The van der Waals surface area contributed by atoms with Crippen LogP contribution in [0.5, 0.6) is 0 Å². The minimum atomic E-state index is -0.337. The molecule has 3 nitrogen and oxygen atoms in total. The summed E-state index contributed by atoms with van der Waals surface area (Å²) in [4.78, 5) is 0. The van der Waals surface area contributed by atoms with Gasteiger partial charge in [0.1, 0.15) is 0 Å². The van der Waals surface area contributed by atoms with Gasteiger partial charge in [0.2, 0.25) is 0 Å². The van der Waals surface area contributed by atoms with Crippen LogP contribution in [0.3, 0.4) is 0 Å². The number of aliphatic hydroxyl groups is 1. The number of nitriles is 1. The second-order valence-electron chi connectivity index (χ2n) is 4.22. The molecule has 0 fully saturated rings. The number of hydrogen-bond acceptors (Lipinski definition) is 3. The van der Waals surface area contributed by atoms with E-state index < -0.39 is 0 Å².